The summed E-state index contributed by atoms with van der Waals surface area (Å²) in [7, 11) is 6.08. The van der Waals surface area contributed by atoms with Gasteiger partial charge >= 0.3 is 0 Å². The second kappa shape index (κ2) is 6.98. The van der Waals surface area contributed by atoms with Crippen LogP contribution in [0.3, 0.4) is 0 Å². The Bertz CT molecular complexity index is 381. The van der Waals surface area contributed by atoms with Gasteiger partial charge in [0.25, 0.3) is 0 Å². The molecule has 0 saturated carbocycles. The zero-order valence-electron chi connectivity index (χ0n) is 12.2. The van der Waals surface area contributed by atoms with Crippen LogP contribution in [0.5, 0.6) is 0 Å². The van der Waals surface area contributed by atoms with E-state index < -0.39 is 0 Å². The number of hydrogen-bond acceptors (Lipinski definition) is 5. The Kier molecular flexibility index (Phi) is 5.30. The van der Waals surface area contributed by atoms with E-state index in [0.717, 1.165) is 25.5 Å². The van der Waals surface area contributed by atoms with Crippen LogP contribution in [0.4, 0.5) is 0 Å². The minimum absolute atomic E-state index is 0.681. The third kappa shape index (κ3) is 3.99. The van der Waals surface area contributed by atoms with E-state index in [-0.39, 0.29) is 0 Å². The van der Waals surface area contributed by atoms with Crippen molar-refractivity contribution < 1.29 is 4.74 Å². The van der Waals surface area contributed by atoms with Gasteiger partial charge in [0.2, 0.25) is 0 Å². The normalized spacial score (nSPS) is 20.5. The number of nitrogens with zero attached hydrogens (tertiary/aromatic N) is 5. The Hall–Kier alpha value is -0.980. The highest BCUT2D eigenvalue weighted by atomic mass is 16.5. The molecule has 6 nitrogen and oxygen atoms in total. The molecule has 2 heterocycles. The molecule has 0 spiro atoms. The largest absolute Gasteiger partial charge is 0.383 e. The molecule has 0 aliphatic carbocycles. The lowest BCUT2D eigenvalue weighted by molar-refractivity contribution is 0.182. The molecular formula is C13H25N5O. The van der Waals surface area contributed by atoms with Gasteiger partial charge in [0.05, 0.1) is 13.2 Å². The van der Waals surface area contributed by atoms with Gasteiger partial charge in [0.1, 0.15) is 12.2 Å². The highest BCUT2D eigenvalue weighted by molar-refractivity contribution is 4.87. The van der Waals surface area contributed by atoms with Crippen LogP contribution in [0.25, 0.3) is 0 Å². The Labute approximate surface area is 115 Å². The number of likely N-dealkylation sites (tertiary alicyclic amines) is 1. The maximum absolute atomic E-state index is 5.10. The summed E-state index contributed by atoms with van der Waals surface area (Å²) >= 11 is 0. The number of hydrogen-bond donors (Lipinski definition) is 0. The summed E-state index contributed by atoms with van der Waals surface area (Å²) in [6, 6.07) is 0.681. The van der Waals surface area contributed by atoms with Crippen molar-refractivity contribution in [1.29, 1.82) is 0 Å². The first-order valence-electron chi connectivity index (χ1n) is 6.95. The number of likely N-dealkylation sites (N-methyl/N-ethyl adjacent to an activating group) is 2. The van der Waals surface area contributed by atoms with Crippen LogP contribution in [0.2, 0.25) is 0 Å². The quantitative estimate of drug-likeness (QED) is 0.718. The van der Waals surface area contributed by atoms with Crippen molar-refractivity contribution in [2.24, 2.45) is 0 Å². The van der Waals surface area contributed by atoms with Gasteiger partial charge in [-0.1, -0.05) is 0 Å². The molecule has 19 heavy (non-hydrogen) atoms. The van der Waals surface area contributed by atoms with Crippen LogP contribution in [0, 0.1) is 0 Å². The van der Waals surface area contributed by atoms with Crippen LogP contribution in [-0.4, -0.2) is 71.5 Å². The summed E-state index contributed by atoms with van der Waals surface area (Å²) in [6.07, 6.45) is 4.40. The second-order valence-electron chi connectivity index (χ2n) is 5.41. The van der Waals surface area contributed by atoms with Gasteiger partial charge in [-0.25, -0.2) is 0 Å². The summed E-state index contributed by atoms with van der Waals surface area (Å²) in [4.78, 5) is 4.78. The Balaban J connectivity index is 1.84. The fourth-order valence-electron chi connectivity index (χ4n) is 2.65. The number of methoxy groups -OCH3 is 1. The monoisotopic (exact) mass is 267 g/mol. The van der Waals surface area contributed by atoms with Crippen molar-refractivity contribution in [1.82, 2.24) is 24.6 Å². The first kappa shape index (κ1) is 14.4. The molecule has 1 atom stereocenters. The van der Waals surface area contributed by atoms with Crippen LogP contribution in [0.1, 0.15) is 18.7 Å². The Morgan fingerprint density at radius 2 is 2.37 bits per heavy atom. The molecule has 1 saturated heterocycles. The molecule has 0 radical (unpaired) electrons. The fourth-order valence-corrected chi connectivity index (χ4v) is 2.65. The van der Waals surface area contributed by atoms with Crippen LogP contribution in [0.15, 0.2) is 6.33 Å². The van der Waals surface area contributed by atoms with Gasteiger partial charge in [-0.15, -0.1) is 10.2 Å². The fraction of sp³-hybridized carbons (Fsp3) is 0.846. The molecule has 1 aromatic heterocycles. The van der Waals surface area contributed by atoms with Gasteiger partial charge in [0, 0.05) is 26.2 Å². The molecule has 1 unspecified atom stereocenters. The molecular weight excluding hydrogens is 242 g/mol. The summed E-state index contributed by atoms with van der Waals surface area (Å²) < 4.78 is 7.17. The summed E-state index contributed by atoms with van der Waals surface area (Å²) in [6.45, 7) is 4.67. The topological polar surface area (TPSA) is 46.4 Å². The van der Waals surface area contributed by atoms with Crippen LogP contribution in [-0.2, 0) is 17.8 Å². The Morgan fingerprint density at radius 1 is 1.53 bits per heavy atom. The minimum Gasteiger partial charge on any atom is -0.383 e. The van der Waals surface area contributed by atoms with E-state index in [1.807, 2.05) is 0 Å². The highest BCUT2D eigenvalue weighted by Crippen LogP contribution is 2.16. The lowest BCUT2D eigenvalue weighted by atomic mass is 10.2. The maximum atomic E-state index is 5.10. The molecule has 6 heteroatoms. The van der Waals surface area contributed by atoms with E-state index in [2.05, 4.69) is 38.7 Å². The number of ether oxygens (including phenoxy) is 1. The Morgan fingerprint density at radius 3 is 3.05 bits per heavy atom. The molecule has 2 rings (SSSR count). The standard InChI is InChI=1S/C13H25N5O/c1-16(9-12-5-4-6-17(12)2)10-13-15-14-11-18(13)7-8-19-3/h11-12H,4-10H2,1-3H3. The first-order chi connectivity index (χ1) is 9.20. The van der Waals surface area contributed by atoms with Crippen molar-refractivity contribution in [3.05, 3.63) is 12.2 Å². The number of aromatic nitrogens is 3. The van der Waals surface area contributed by atoms with Gasteiger partial charge in [-0.3, -0.25) is 4.90 Å². The average molecular weight is 267 g/mol. The van der Waals surface area contributed by atoms with Crippen LogP contribution < -0.4 is 0 Å². The molecule has 0 amide bonds. The third-order valence-corrected chi connectivity index (χ3v) is 3.84. The molecule has 0 bridgehead atoms. The first-order valence-corrected chi connectivity index (χ1v) is 6.95. The highest BCUT2D eigenvalue weighted by Gasteiger charge is 2.22. The molecule has 1 aromatic rings. The van der Waals surface area contributed by atoms with Crippen LogP contribution >= 0.6 is 0 Å². The minimum atomic E-state index is 0.681. The lowest BCUT2D eigenvalue weighted by Gasteiger charge is -2.25. The van der Waals surface area contributed by atoms with Crippen molar-refractivity contribution in [2.75, 3.05) is 40.9 Å². The summed E-state index contributed by atoms with van der Waals surface area (Å²) in [5.74, 6) is 1.01. The molecule has 0 aromatic carbocycles. The van der Waals surface area contributed by atoms with E-state index in [0.29, 0.717) is 12.6 Å². The predicted octanol–water partition coefficient (Wildman–Crippen LogP) is 0.451. The summed E-state index contributed by atoms with van der Waals surface area (Å²) in [5.41, 5.74) is 0. The third-order valence-electron chi connectivity index (χ3n) is 3.84. The maximum Gasteiger partial charge on any atom is 0.147 e. The predicted molar refractivity (Wildman–Crippen MR) is 73.9 cm³/mol. The van der Waals surface area contributed by atoms with Crippen molar-refractivity contribution in [2.45, 2.75) is 32.0 Å². The zero-order chi connectivity index (χ0) is 13.7. The van der Waals surface area contributed by atoms with E-state index in [9.17, 15) is 0 Å². The second-order valence-corrected chi connectivity index (χ2v) is 5.41. The number of rotatable bonds is 7. The lowest BCUT2D eigenvalue weighted by Crippen LogP contribution is -2.36. The smallest absolute Gasteiger partial charge is 0.147 e. The van der Waals surface area contributed by atoms with E-state index in [1.54, 1.807) is 13.4 Å². The van der Waals surface area contributed by atoms with Gasteiger partial charge in [0.15, 0.2) is 0 Å². The van der Waals surface area contributed by atoms with Crippen molar-refractivity contribution in [3.63, 3.8) is 0 Å². The van der Waals surface area contributed by atoms with E-state index in [1.165, 1.54) is 19.4 Å². The van der Waals surface area contributed by atoms with Gasteiger partial charge in [-0.2, -0.15) is 0 Å². The van der Waals surface area contributed by atoms with E-state index >= 15 is 0 Å². The zero-order valence-corrected chi connectivity index (χ0v) is 12.2. The summed E-state index contributed by atoms with van der Waals surface area (Å²) in [5, 5.41) is 8.20. The van der Waals surface area contributed by atoms with Crippen molar-refractivity contribution >= 4 is 0 Å². The molecule has 1 aliphatic rings. The molecule has 1 aliphatic heterocycles. The average Bonchev–Trinajstić information content (AvgIpc) is 2.97. The SMILES string of the molecule is COCCn1cnnc1CN(C)CC1CCCN1C. The molecule has 108 valence electrons. The molecule has 0 N–H and O–H groups in total. The molecule has 1 fully saturated rings. The van der Waals surface area contributed by atoms with Gasteiger partial charge in [-0.05, 0) is 33.5 Å². The van der Waals surface area contributed by atoms with E-state index in [4.69, 9.17) is 4.74 Å². The van der Waals surface area contributed by atoms with Gasteiger partial charge < -0.3 is 14.2 Å². The van der Waals surface area contributed by atoms with Crippen molar-refractivity contribution in [3.8, 4) is 0 Å².